The monoisotopic (exact) mass is 322 g/mol. The summed E-state index contributed by atoms with van der Waals surface area (Å²) in [5.41, 5.74) is 0. The van der Waals surface area contributed by atoms with Crippen molar-refractivity contribution in [1.29, 1.82) is 0 Å². The molecular weight excluding hydrogens is 300 g/mol. The summed E-state index contributed by atoms with van der Waals surface area (Å²) in [6, 6.07) is -1.22. The number of nitrogens with one attached hydrogen (secondary N) is 2. The van der Waals surface area contributed by atoms with Gasteiger partial charge in [0.15, 0.2) is 0 Å². The minimum absolute atomic E-state index is 0.00343. The lowest BCUT2D eigenvalue weighted by Gasteiger charge is -2.23. The van der Waals surface area contributed by atoms with Crippen LogP contribution in [0.4, 0.5) is 0 Å². The van der Waals surface area contributed by atoms with Crippen molar-refractivity contribution in [2.45, 2.75) is 31.4 Å². The Balaban J connectivity index is 2.35. The molecule has 3 N–H and O–H groups in total. The minimum Gasteiger partial charge on any atom is -0.480 e. The zero-order chi connectivity index (χ0) is 15.9. The van der Waals surface area contributed by atoms with Crippen molar-refractivity contribution in [3.63, 3.8) is 0 Å². The highest BCUT2D eigenvalue weighted by Gasteiger charge is 2.22. The number of piperidine rings is 1. The maximum Gasteiger partial charge on any atom is 0.326 e. The maximum atomic E-state index is 11.7. The Kier molecular flexibility index (Phi) is 7.06. The van der Waals surface area contributed by atoms with Crippen molar-refractivity contribution in [3.8, 4) is 0 Å². The first-order chi connectivity index (χ1) is 9.78. The quantitative estimate of drug-likeness (QED) is 0.511. The molecule has 1 rings (SSSR count). The average Bonchev–Trinajstić information content (AvgIpc) is 2.41. The fourth-order valence-corrected chi connectivity index (χ4v) is 2.64. The number of ether oxygens (including phenoxy) is 1. The van der Waals surface area contributed by atoms with Gasteiger partial charge in [-0.15, -0.1) is 0 Å². The zero-order valence-electron chi connectivity index (χ0n) is 12.0. The summed E-state index contributed by atoms with van der Waals surface area (Å²) < 4.78 is 27.5. The number of sulfone groups is 1. The molecule has 1 aliphatic rings. The number of hydrogen-bond acceptors (Lipinski definition) is 6. The number of rotatable bonds is 8. The van der Waals surface area contributed by atoms with Gasteiger partial charge in [-0.05, 0) is 32.4 Å². The van der Waals surface area contributed by atoms with Crippen molar-refractivity contribution in [2.24, 2.45) is 0 Å². The highest BCUT2D eigenvalue weighted by atomic mass is 32.2. The van der Waals surface area contributed by atoms with Crippen LogP contribution in [0.2, 0.25) is 0 Å². The Labute approximate surface area is 124 Å². The van der Waals surface area contributed by atoms with Crippen molar-refractivity contribution in [3.05, 3.63) is 0 Å². The van der Waals surface area contributed by atoms with Crippen LogP contribution in [0.15, 0.2) is 0 Å². The second-order valence-corrected chi connectivity index (χ2v) is 7.40. The molecule has 1 saturated heterocycles. The van der Waals surface area contributed by atoms with E-state index >= 15 is 0 Å². The molecule has 9 heteroatoms. The van der Waals surface area contributed by atoms with Crippen LogP contribution in [0.3, 0.4) is 0 Å². The largest absolute Gasteiger partial charge is 0.480 e. The van der Waals surface area contributed by atoms with Gasteiger partial charge in [-0.25, -0.2) is 13.2 Å². The van der Waals surface area contributed by atoms with Gasteiger partial charge >= 0.3 is 5.97 Å². The zero-order valence-corrected chi connectivity index (χ0v) is 12.8. The Morgan fingerprint density at radius 2 is 2.00 bits per heavy atom. The molecule has 0 aliphatic carbocycles. The predicted octanol–water partition coefficient (Wildman–Crippen LogP) is -1.24. The lowest BCUT2D eigenvalue weighted by atomic mass is 10.1. The lowest BCUT2D eigenvalue weighted by molar-refractivity contribution is -0.143. The molecule has 1 fully saturated rings. The van der Waals surface area contributed by atoms with Crippen LogP contribution in [0.5, 0.6) is 0 Å². The molecule has 0 bridgehead atoms. The van der Waals surface area contributed by atoms with E-state index in [0.717, 1.165) is 32.2 Å². The lowest BCUT2D eigenvalue weighted by Crippen LogP contribution is -2.44. The van der Waals surface area contributed by atoms with Crippen molar-refractivity contribution in [2.75, 3.05) is 31.7 Å². The normalized spacial score (nSPS) is 18.1. The number of carboxylic acids is 1. The summed E-state index contributed by atoms with van der Waals surface area (Å²) in [5.74, 6) is -2.09. The fraction of sp³-hybridized carbons (Fsp3) is 0.833. The van der Waals surface area contributed by atoms with E-state index in [9.17, 15) is 18.0 Å². The van der Waals surface area contributed by atoms with Gasteiger partial charge in [-0.2, -0.15) is 0 Å². The van der Waals surface area contributed by atoms with Crippen LogP contribution >= 0.6 is 0 Å². The van der Waals surface area contributed by atoms with Crippen LogP contribution in [0, 0.1) is 0 Å². The van der Waals surface area contributed by atoms with E-state index in [1.807, 2.05) is 0 Å². The van der Waals surface area contributed by atoms with Crippen molar-refractivity contribution >= 4 is 21.7 Å². The summed E-state index contributed by atoms with van der Waals surface area (Å²) in [7, 11) is -3.27. The molecule has 21 heavy (non-hydrogen) atoms. The van der Waals surface area contributed by atoms with Gasteiger partial charge in [0.2, 0.25) is 5.91 Å². The van der Waals surface area contributed by atoms with Gasteiger partial charge in [-0.1, -0.05) is 0 Å². The smallest absolute Gasteiger partial charge is 0.326 e. The van der Waals surface area contributed by atoms with Gasteiger partial charge in [0.1, 0.15) is 22.5 Å². The van der Waals surface area contributed by atoms with E-state index in [4.69, 9.17) is 9.84 Å². The molecule has 1 atom stereocenters. The topological polar surface area (TPSA) is 122 Å². The Morgan fingerprint density at radius 3 is 2.52 bits per heavy atom. The van der Waals surface area contributed by atoms with Crippen LogP contribution in [0.1, 0.15) is 19.3 Å². The second-order valence-electron chi connectivity index (χ2n) is 5.14. The molecule has 1 unspecified atom stereocenters. The molecule has 1 aliphatic heterocycles. The van der Waals surface area contributed by atoms with E-state index in [2.05, 4.69) is 10.6 Å². The molecule has 1 amide bonds. The Bertz CT molecular complexity index is 458. The molecule has 0 spiro atoms. The molecule has 122 valence electrons. The number of carbonyl (C=O) groups is 2. The number of carboxylic acid groups (broad SMARTS) is 1. The fourth-order valence-electron chi connectivity index (χ4n) is 1.98. The number of carbonyl (C=O) groups excluding carboxylic acids is 1. The molecule has 0 saturated carbocycles. The first-order valence-electron chi connectivity index (χ1n) is 6.80. The van der Waals surface area contributed by atoms with Crippen LogP contribution in [-0.4, -0.2) is 69.3 Å². The molecular formula is C12H22N2O6S. The maximum absolute atomic E-state index is 11.7. The SMILES string of the molecule is CS(=O)(=O)CCC(NC(=O)COC1CCNCC1)C(=O)O. The van der Waals surface area contributed by atoms with Gasteiger partial charge in [0.25, 0.3) is 0 Å². The molecule has 8 nitrogen and oxygen atoms in total. The van der Waals surface area contributed by atoms with Gasteiger partial charge in [-0.3, -0.25) is 4.79 Å². The first-order valence-corrected chi connectivity index (χ1v) is 8.86. The molecule has 0 aromatic carbocycles. The summed E-state index contributed by atoms with van der Waals surface area (Å²) >= 11 is 0. The molecule has 1 heterocycles. The number of aliphatic carboxylic acids is 1. The van der Waals surface area contributed by atoms with Crippen LogP contribution in [0.25, 0.3) is 0 Å². The standard InChI is InChI=1S/C12H22N2O6S/c1-21(18,19)7-4-10(12(16)17)14-11(15)8-20-9-2-5-13-6-3-9/h9-10,13H,2-8H2,1H3,(H,14,15)(H,16,17). The second kappa shape index (κ2) is 8.30. The first kappa shape index (κ1) is 17.9. The van der Waals surface area contributed by atoms with Crippen molar-refractivity contribution < 1.29 is 27.9 Å². The third kappa shape index (κ3) is 7.98. The number of amides is 1. The summed E-state index contributed by atoms with van der Waals surface area (Å²) in [4.78, 5) is 22.7. The average molecular weight is 322 g/mol. The van der Waals surface area contributed by atoms with Gasteiger partial charge in [0.05, 0.1) is 11.9 Å². The summed E-state index contributed by atoms with van der Waals surface area (Å²) in [6.45, 7) is 1.45. The highest BCUT2D eigenvalue weighted by molar-refractivity contribution is 7.90. The minimum atomic E-state index is -3.27. The van der Waals surface area contributed by atoms with E-state index < -0.39 is 27.8 Å². The summed E-state index contributed by atoms with van der Waals surface area (Å²) in [5, 5.41) is 14.4. The highest BCUT2D eigenvalue weighted by Crippen LogP contribution is 2.06. The van der Waals surface area contributed by atoms with Crippen LogP contribution < -0.4 is 10.6 Å². The van der Waals surface area contributed by atoms with Gasteiger partial charge < -0.3 is 20.5 Å². The van der Waals surface area contributed by atoms with E-state index in [0.29, 0.717) is 0 Å². The summed E-state index contributed by atoms with van der Waals surface area (Å²) in [6.07, 6.45) is 2.48. The predicted molar refractivity (Wildman–Crippen MR) is 75.7 cm³/mol. The van der Waals surface area contributed by atoms with Crippen molar-refractivity contribution in [1.82, 2.24) is 10.6 Å². The third-order valence-corrected chi connectivity index (χ3v) is 4.12. The third-order valence-electron chi connectivity index (χ3n) is 3.15. The Morgan fingerprint density at radius 1 is 1.38 bits per heavy atom. The number of hydrogen-bond donors (Lipinski definition) is 3. The van der Waals surface area contributed by atoms with E-state index in [-0.39, 0.29) is 24.9 Å². The van der Waals surface area contributed by atoms with Crippen LogP contribution in [-0.2, 0) is 24.2 Å². The Hall–Kier alpha value is -1.19. The van der Waals surface area contributed by atoms with E-state index in [1.165, 1.54) is 0 Å². The molecule has 0 radical (unpaired) electrons. The molecule has 0 aromatic heterocycles. The van der Waals surface area contributed by atoms with E-state index in [1.54, 1.807) is 0 Å². The molecule has 0 aromatic rings. The van der Waals surface area contributed by atoms with Gasteiger partial charge in [0, 0.05) is 6.26 Å².